The summed E-state index contributed by atoms with van der Waals surface area (Å²) in [6, 6.07) is 17.6. The van der Waals surface area contributed by atoms with E-state index in [0.717, 1.165) is 25.9 Å². The molecule has 0 aromatic heterocycles. The lowest BCUT2D eigenvalue weighted by molar-refractivity contribution is -0.130. The second-order valence-corrected chi connectivity index (χ2v) is 7.27. The summed E-state index contributed by atoms with van der Waals surface area (Å²) in [6.07, 6.45) is 2.03. The second kappa shape index (κ2) is 9.27. The van der Waals surface area contributed by atoms with Gasteiger partial charge in [0.1, 0.15) is 0 Å². The molecule has 1 fully saturated rings. The van der Waals surface area contributed by atoms with E-state index in [2.05, 4.69) is 48.5 Å². The van der Waals surface area contributed by atoms with Gasteiger partial charge >= 0.3 is 0 Å². The van der Waals surface area contributed by atoms with Gasteiger partial charge in [0, 0.05) is 35.2 Å². The number of fused-ring (bicyclic) bond motifs is 4. The minimum atomic E-state index is 0.0738. The van der Waals surface area contributed by atoms with Crippen LogP contribution >= 0.6 is 11.8 Å². The predicted octanol–water partition coefficient (Wildman–Crippen LogP) is 6.13. The number of hydrogen-bond acceptors (Lipinski definition) is 2. The number of nitrogens with zero attached hydrogens (tertiary/aromatic N) is 1. The molecule has 3 heteroatoms. The van der Waals surface area contributed by atoms with E-state index >= 15 is 0 Å². The van der Waals surface area contributed by atoms with Crippen LogP contribution in [0.3, 0.4) is 0 Å². The third kappa shape index (κ3) is 3.68. The largest absolute Gasteiger partial charge is 0.343 e. The highest BCUT2D eigenvalue weighted by Gasteiger charge is 2.43. The Labute approximate surface area is 163 Å². The van der Waals surface area contributed by atoms with E-state index in [1.807, 2.05) is 44.4 Å². The van der Waals surface area contributed by atoms with Crippen LogP contribution < -0.4 is 0 Å². The Kier molecular flexibility index (Phi) is 7.33. The molecule has 1 saturated heterocycles. The van der Waals surface area contributed by atoms with Crippen LogP contribution in [-0.4, -0.2) is 23.9 Å². The molecule has 0 radical (unpaired) electrons. The summed E-state index contributed by atoms with van der Waals surface area (Å²) >= 11 is 1.88. The van der Waals surface area contributed by atoms with Crippen LogP contribution in [0.2, 0.25) is 0 Å². The highest BCUT2D eigenvalue weighted by molar-refractivity contribution is 7.99. The van der Waals surface area contributed by atoms with Gasteiger partial charge in [-0.25, -0.2) is 0 Å². The van der Waals surface area contributed by atoms with E-state index in [1.165, 1.54) is 20.9 Å². The maximum atomic E-state index is 11.7. The smallest absolute Gasteiger partial charge is 0.219 e. The van der Waals surface area contributed by atoms with E-state index in [-0.39, 0.29) is 11.3 Å². The number of likely N-dealkylation sites (tertiary alicyclic amines) is 1. The summed E-state index contributed by atoms with van der Waals surface area (Å²) in [5.74, 6) is 0.196. The van der Waals surface area contributed by atoms with Crippen LogP contribution in [-0.2, 0) is 10.2 Å². The summed E-state index contributed by atoms with van der Waals surface area (Å²) in [4.78, 5) is 16.4. The van der Waals surface area contributed by atoms with Gasteiger partial charge in [0.25, 0.3) is 0 Å². The van der Waals surface area contributed by atoms with Gasteiger partial charge in [-0.15, -0.1) is 0 Å². The Morgan fingerprint density at radius 1 is 0.846 bits per heavy atom. The first-order valence-electron chi connectivity index (χ1n) is 9.83. The Balaban J connectivity index is 0.000000570. The quantitative estimate of drug-likeness (QED) is 0.556. The highest BCUT2D eigenvalue weighted by Crippen LogP contribution is 2.53. The first-order valence-corrected chi connectivity index (χ1v) is 10.6. The molecule has 0 N–H and O–H groups in total. The molecular formula is C23H31NOS. The monoisotopic (exact) mass is 369 g/mol. The van der Waals surface area contributed by atoms with E-state index in [1.54, 1.807) is 6.92 Å². The average molecular weight is 370 g/mol. The molecule has 2 nitrogen and oxygen atoms in total. The van der Waals surface area contributed by atoms with Crippen molar-refractivity contribution in [2.45, 2.75) is 62.7 Å². The Hall–Kier alpha value is -1.74. The van der Waals surface area contributed by atoms with Crippen molar-refractivity contribution < 1.29 is 4.79 Å². The van der Waals surface area contributed by atoms with E-state index in [9.17, 15) is 4.79 Å². The lowest BCUT2D eigenvalue weighted by atomic mass is 9.67. The van der Waals surface area contributed by atoms with Crippen LogP contribution in [0, 0.1) is 0 Å². The van der Waals surface area contributed by atoms with Gasteiger partial charge in [0.2, 0.25) is 5.91 Å². The van der Waals surface area contributed by atoms with Crippen molar-refractivity contribution in [3.8, 4) is 0 Å². The van der Waals surface area contributed by atoms with Gasteiger partial charge in [0.15, 0.2) is 0 Å². The van der Waals surface area contributed by atoms with Crippen molar-refractivity contribution in [1.29, 1.82) is 0 Å². The summed E-state index contributed by atoms with van der Waals surface area (Å²) in [6.45, 7) is 11.4. The Morgan fingerprint density at radius 3 is 1.69 bits per heavy atom. The van der Waals surface area contributed by atoms with Gasteiger partial charge in [0.05, 0.1) is 0 Å². The number of amides is 1. The summed E-state index contributed by atoms with van der Waals surface area (Å²) in [5, 5.41) is 0. The minimum Gasteiger partial charge on any atom is -0.343 e. The van der Waals surface area contributed by atoms with E-state index in [4.69, 9.17) is 0 Å². The van der Waals surface area contributed by atoms with Crippen LogP contribution in [0.1, 0.15) is 58.6 Å². The summed E-state index contributed by atoms with van der Waals surface area (Å²) in [7, 11) is 0. The van der Waals surface area contributed by atoms with Crippen molar-refractivity contribution in [3.05, 3.63) is 59.7 Å². The van der Waals surface area contributed by atoms with Gasteiger partial charge in [-0.3, -0.25) is 4.79 Å². The van der Waals surface area contributed by atoms with Gasteiger partial charge in [-0.1, -0.05) is 75.9 Å². The van der Waals surface area contributed by atoms with Crippen molar-refractivity contribution in [2.75, 3.05) is 13.1 Å². The molecule has 2 aliphatic heterocycles. The van der Waals surface area contributed by atoms with Crippen LogP contribution in [0.25, 0.3) is 0 Å². The SMILES string of the molecule is CC.CC.CC(=O)N1CCC2(CC1)c1ccccc1Sc1ccccc12. The Bertz CT molecular complexity index is 685. The van der Waals surface area contributed by atoms with Gasteiger partial charge in [-0.2, -0.15) is 0 Å². The van der Waals surface area contributed by atoms with E-state index in [0.29, 0.717) is 0 Å². The molecule has 0 aliphatic carbocycles. The second-order valence-electron chi connectivity index (χ2n) is 6.18. The number of hydrogen-bond donors (Lipinski definition) is 0. The molecule has 2 aromatic carbocycles. The fourth-order valence-corrected chi connectivity index (χ4v) is 5.18. The third-order valence-electron chi connectivity index (χ3n) is 5.09. The number of piperidine rings is 1. The maximum Gasteiger partial charge on any atom is 0.219 e. The molecule has 140 valence electrons. The molecule has 4 rings (SSSR count). The minimum absolute atomic E-state index is 0.0738. The molecule has 1 amide bonds. The lowest BCUT2D eigenvalue weighted by Gasteiger charge is -2.46. The molecule has 0 saturated carbocycles. The molecule has 0 unspecified atom stereocenters. The van der Waals surface area contributed by atoms with Crippen molar-refractivity contribution >= 4 is 17.7 Å². The molecule has 2 aromatic rings. The zero-order chi connectivity index (χ0) is 19.2. The fourth-order valence-electron chi connectivity index (χ4n) is 3.91. The molecule has 0 bridgehead atoms. The normalized spacial score (nSPS) is 16.3. The van der Waals surface area contributed by atoms with Gasteiger partial charge < -0.3 is 4.90 Å². The Morgan fingerprint density at radius 2 is 1.27 bits per heavy atom. The molecule has 2 heterocycles. The zero-order valence-electron chi connectivity index (χ0n) is 16.7. The topological polar surface area (TPSA) is 20.3 Å². The summed E-state index contributed by atoms with van der Waals surface area (Å²) in [5.41, 5.74) is 2.97. The van der Waals surface area contributed by atoms with Crippen LogP contribution in [0.4, 0.5) is 0 Å². The fraction of sp³-hybridized carbons (Fsp3) is 0.435. The third-order valence-corrected chi connectivity index (χ3v) is 6.24. The predicted molar refractivity (Wildman–Crippen MR) is 112 cm³/mol. The molecule has 2 aliphatic rings. The zero-order valence-corrected chi connectivity index (χ0v) is 17.5. The van der Waals surface area contributed by atoms with Crippen molar-refractivity contribution in [2.24, 2.45) is 0 Å². The van der Waals surface area contributed by atoms with Crippen LogP contribution in [0.5, 0.6) is 0 Å². The van der Waals surface area contributed by atoms with Gasteiger partial charge in [-0.05, 0) is 36.1 Å². The molecular weight excluding hydrogens is 338 g/mol. The first-order chi connectivity index (χ1) is 12.7. The highest BCUT2D eigenvalue weighted by atomic mass is 32.2. The van der Waals surface area contributed by atoms with E-state index < -0.39 is 0 Å². The molecule has 1 spiro atoms. The molecule has 0 atom stereocenters. The number of benzene rings is 2. The average Bonchev–Trinajstić information content (AvgIpc) is 2.72. The first kappa shape index (κ1) is 20.6. The number of rotatable bonds is 0. The maximum absolute atomic E-state index is 11.7. The van der Waals surface area contributed by atoms with Crippen molar-refractivity contribution in [1.82, 2.24) is 4.90 Å². The van der Waals surface area contributed by atoms with Crippen LogP contribution in [0.15, 0.2) is 58.3 Å². The molecule has 26 heavy (non-hydrogen) atoms. The number of carbonyl (C=O) groups is 1. The number of carbonyl (C=O) groups excluding carboxylic acids is 1. The lowest BCUT2D eigenvalue weighted by Crippen LogP contribution is -2.46. The standard InChI is InChI=1S/C19H19NOS.2C2H6/c1-14(21)20-12-10-19(11-13-20)15-6-2-4-8-17(15)22-18-9-5-3-7-16(18)19;2*1-2/h2-9H,10-13H2,1H3;2*1-2H3. The summed E-state index contributed by atoms with van der Waals surface area (Å²) < 4.78 is 0. The van der Waals surface area contributed by atoms with Crippen molar-refractivity contribution in [3.63, 3.8) is 0 Å².